The molecular weight excluding hydrogens is 260 g/mol. The van der Waals surface area contributed by atoms with E-state index in [0.29, 0.717) is 5.11 Å². The van der Waals surface area contributed by atoms with E-state index in [0.717, 1.165) is 31.0 Å². The van der Waals surface area contributed by atoms with Gasteiger partial charge in [-0.25, -0.2) is 0 Å². The van der Waals surface area contributed by atoms with E-state index in [1.54, 1.807) is 7.11 Å². The van der Waals surface area contributed by atoms with Gasteiger partial charge in [0.05, 0.1) is 18.9 Å². The van der Waals surface area contributed by atoms with Gasteiger partial charge in [0, 0.05) is 13.2 Å². The van der Waals surface area contributed by atoms with E-state index in [9.17, 15) is 0 Å². The van der Waals surface area contributed by atoms with Crippen LogP contribution in [0.15, 0.2) is 24.3 Å². The van der Waals surface area contributed by atoms with Crippen LogP contribution in [-0.2, 0) is 4.74 Å². The van der Waals surface area contributed by atoms with Gasteiger partial charge in [-0.05, 0) is 44.6 Å². The van der Waals surface area contributed by atoms with Gasteiger partial charge in [0.15, 0.2) is 5.11 Å². The Hall–Kier alpha value is -1.33. The van der Waals surface area contributed by atoms with E-state index in [1.165, 1.54) is 0 Å². The van der Waals surface area contributed by atoms with Crippen molar-refractivity contribution in [3.63, 3.8) is 0 Å². The summed E-state index contributed by atoms with van der Waals surface area (Å²) in [6, 6.07) is 7.67. The minimum absolute atomic E-state index is 0.277. The zero-order chi connectivity index (χ0) is 14.1. The Morgan fingerprint density at radius 2 is 2.05 bits per heavy atom. The molecule has 0 bridgehead atoms. The second-order valence-corrected chi connectivity index (χ2v) is 4.76. The molecule has 19 heavy (non-hydrogen) atoms. The summed E-state index contributed by atoms with van der Waals surface area (Å²) in [6.45, 7) is 5.58. The molecule has 0 aromatic heterocycles. The summed E-state index contributed by atoms with van der Waals surface area (Å²) in [5, 5.41) is 6.85. The smallest absolute Gasteiger partial charge is 0.170 e. The third-order valence-electron chi connectivity index (χ3n) is 2.41. The second kappa shape index (κ2) is 8.72. The Morgan fingerprint density at radius 1 is 1.32 bits per heavy atom. The van der Waals surface area contributed by atoms with Crippen LogP contribution in [0.5, 0.6) is 5.75 Å². The highest BCUT2D eigenvalue weighted by Gasteiger charge is 2.03. The molecule has 0 saturated heterocycles. The van der Waals surface area contributed by atoms with E-state index in [1.807, 2.05) is 38.1 Å². The van der Waals surface area contributed by atoms with Gasteiger partial charge in [-0.1, -0.05) is 12.1 Å². The number of methoxy groups -OCH3 is 1. The number of benzene rings is 1. The Bertz CT molecular complexity index is 397. The molecule has 0 saturated carbocycles. The van der Waals surface area contributed by atoms with Crippen LogP contribution in [0.2, 0.25) is 0 Å². The van der Waals surface area contributed by atoms with Crippen LogP contribution in [0.4, 0.5) is 5.69 Å². The van der Waals surface area contributed by atoms with E-state index >= 15 is 0 Å². The second-order valence-electron chi connectivity index (χ2n) is 4.35. The summed E-state index contributed by atoms with van der Waals surface area (Å²) < 4.78 is 10.7. The standard InChI is InChI=1S/C14H22N2O2S/c1-11(2)18-10-6-9-15-14(19)16-12-7-4-5-8-13(12)17-3/h4-5,7-8,11H,6,9-10H2,1-3H3,(H2,15,16,19). The van der Waals surface area contributed by atoms with E-state index in [2.05, 4.69) is 10.6 Å². The highest BCUT2D eigenvalue weighted by molar-refractivity contribution is 7.80. The van der Waals surface area contributed by atoms with Crippen molar-refractivity contribution < 1.29 is 9.47 Å². The largest absolute Gasteiger partial charge is 0.495 e. The number of ether oxygens (including phenoxy) is 2. The van der Waals surface area contributed by atoms with Crippen LogP contribution in [-0.4, -0.2) is 31.5 Å². The van der Waals surface area contributed by atoms with Crippen molar-refractivity contribution in [3.05, 3.63) is 24.3 Å². The molecule has 1 aromatic rings. The fraction of sp³-hybridized carbons (Fsp3) is 0.500. The summed E-state index contributed by atoms with van der Waals surface area (Å²) in [6.07, 6.45) is 1.20. The number of anilines is 1. The lowest BCUT2D eigenvalue weighted by Gasteiger charge is -2.13. The van der Waals surface area contributed by atoms with E-state index in [4.69, 9.17) is 21.7 Å². The summed E-state index contributed by atoms with van der Waals surface area (Å²) in [5.74, 6) is 0.773. The molecule has 0 atom stereocenters. The summed E-state index contributed by atoms with van der Waals surface area (Å²) in [4.78, 5) is 0. The van der Waals surface area contributed by atoms with Gasteiger partial charge in [-0.3, -0.25) is 0 Å². The molecule has 0 aliphatic rings. The van der Waals surface area contributed by atoms with Gasteiger partial charge in [0.2, 0.25) is 0 Å². The van der Waals surface area contributed by atoms with E-state index in [-0.39, 0.29) is 6.10 Å². The lowest BCUT2D eigenvalue weighted by molar-refractivity contribution is 0.0777. The zero-order valence-electron chi connectivity index (χ0n) is 11.7. The maximum Gasteiger partial charge on any atom is 0.170 e. The van der Waals surface area contributed by atoms with Crippen molar-refractivity contribution in [3.8, 4) is 5.75 Å². The van der Waals surface area contributed by atoms with Crippen molar-refractivity contribution in [1.82, 2.24) is 5.32 Å². The average molecular weight is 282 g/mol. The maximum atomic E-state index is 5.45. The molecule has 0 aliphatic heterocycles. The molecule has 0 radical (unpaired) electrons. The quantitative estimate of drug-likeness (QED) is 0.594. The first-order valence-corrected chi connectivity index (χ1v) is 6.83. The number of hydrogen-bond acceptors (Lipinski definition) is 3. The Balaban J connectivity index is 2.27. The monoisotopic (exact) mass is 282 g/mol. The van der Waals surface area contributed by atoms with Crippen molar-refractivity contribution in [2.45, 2.75) is 26.4 Å². The van der Waals surface area contributed by atoms with Gasteiger partial charge in [0.1, 0.15) is 5.75 Å². The normalized spacial score (nSPS) is 10.3. The summed E-state index contributed by atoms with van der Waals surface area (Å²) in [5.41, 5.74) is 0.862. The lowest BCUT2D eigenvalue weighted by atomic mass is 10.3. The summed E-state index contributed by atoms with van der Waals surface area (Å²) in [7, 11) is 1.64. The predicted molar refractivity (Wildman–Crippen MR) is 82.9 cm³/mol. The Labute approximate surface area is 120 Å². The molecule has 1 rings (SSSR count). The third-order valence-corrected chi connectivity index (χ3v) is 2.66. The molecule has 0 amide bonds. The Morgan fingerprint density at radius 3 is 2.74 bits per heavy atom. The van der Waals surface area contributed by atoms with Gasteiger partial charge in [0.25, 0.3) is 0 Å². The van der Waals surface area contributed by atoms with Crippen molar-refractivity contribution in [1.29, 1.82) is 0 Å². The van der Waals surface area contributed by atoms with Crippen LogP contribution in [0.1, 0.15) is 20.3 Å². The first-order chi connectivity index (χ1) is 9.13. The van der Waals surface area contributed by atoms with Gasteiger partial charge < -0.3 is 20.1 Å². The van der Waals surface area contributed by atoms with Crippen molar-refractivity contribution in [2.75, 3.05) is 25.6 Å². The van der Waals surface area contributed by atoms with Crippen LogP contribution in [0.3, 0.4) is 0 Å². The number of para-hydroxylation sites is 2. The van der Waals surface area contributed by atoms with Gasteiger partial charge in [-0.15, -0.1) is 0 Å². The zero-order valence-corrected chi connectivity index (χ0v) is 12.5. The minimum Gasteiger partial charge on any atom is -0.495 e. The molecule has 5 heteroatoms. The topological polar surface area (TPSA) is 42.5 Å². The third kappa shape index (κ3) is 6.40. The van der Waals surface area contributed by atoms with Crippen LogP contribution in [0, 0.1) is 0 Å². The average Bonchev–Trinajstić information content (AvgIpc) is 2.38. The van der Waals surface area contributed by atoms with Crippen LogP contribution < -0.4 is 15.4 Å². The molecule has 0 fully saturated rings. The van der Waals surface area contributed by atoms with Gasteiger partial charge in [-0.2, -0.15) is 0 Å². The number of nitrogens with one attached hydrogen (secondary N) is 2. The molecule has 1 aromatic carbocycles. The summed E-state index contributed by atoms with van der Waals surface area (Å²) >= 11 is 5.23. The Kier molecular flexibility index (Phi) is 7.22. The van der Waals surface area contributed by atoms with E-state index < -0.39 is 0 Å². The first kappa shape index (κ1) is 15.7. The molecule has 4 nitrogen and oxygen atoms in total. The number of thiocarbonyl (C=S) groups is 1. The highest BCUT2D eigenvalue weighted by atomic mass is 32.1. The molecule has 0 aliphatic carbocycles. The van der Waals surface area contributed by atoms with Gasteiger partial charge >= 0.3 is 0 Å². The van der Waals surface area contributed by atoms with Crippen molar-refractivity contribution in [2.24, 2.45) is 0 Å². The fourth-order valence-corrected chi connectivity index (χ4v) is 1.72. The van der Waals surface area contributed by atoms with Crippen LogP contribution >= 0.6 is 12.2 Å². The highest BCUT2D eigenvalue weighted by Crippen LogP contribution is 2.22. The molecule has 0 spiro atoms. The maximum absolute atomic E-state index is 5.45. The molecule has 106 valence electrons. The number of rotatable bonds is 7. The number of hydrogen-bond donors (Lipinski definition) is 2. The van der Waals surface area contributed by atoms with Crippen molar-refractivity contribution >= 4 is 23.0 Å². The first-order valence-electron chi connectivity index (χ1n) is 6.43. The lowest BCUT2D eigenvalue weighted by Crippen LogP contribution is -2.30. The molecule has 0 unspecified atom stereocenters. The molecular formula is C14H22N2O2S. The molecule has 2 N–H and O–H groups in total. The fourth-order valence-electron chi connectivity index (χ4n) is 1.51. The predicted octanol–water partition coefficient (Wildman–Crippen LogP) is 2.80. The molecule has 0 heterocycles. The van der Waals surface area contributed by atoms with Crippen LogP contribution in [0.25, 0.3) is 0 Å². The SMILES string of the molecule is COc1ccccc1NC(=S)NCCCOC(C)C. The minimum atomic E-state index is 0.277.